The summed E-state index contributed by atoms with van der Waals surface area (Å²) in [5.41, 5.74) is 0.650. The molecule has 11 heteroatoms. The van der Waals surface area contributed by atoms with Crippen LogP contribution in [0.25, 0.3) is 5.69 Å². The summed E-state index contributed by atoms with van der Waals surface area (Å²) in [6.45, 7) is 6.28. The summed E-state index contributed by atoms with van der Waals surface area (Å²) in [4.78, 5) is 21.4. The van der Waals surface area contributed by atoms with Gasteiger partial charge >= 0.3 is 0 Å². The number of pyridine rings is 3. The van der Waals surface area contributed by atoms with Crippen LogP contribution in [0.1, 0.15) is 43.6 Å². The van der Waals surface area contributed by atoms with Crippen LogP contribution in [0.3, 0.4) is 0 Å². The molecule has 3 N–H and O–H groups in total. The lowest BCUT2D eigenvalue weighted by molar-refractivity contribution is 0.154. The average Bonchev–Trinajstić information content (AvgIpc) is 3.68. The van der Waals surface area contributed by atoms with Crippen molar-refractivity contribution in [2.24, 2.45) is 5.92 Å². The van der Waals surface area contributed by atoms with E-state index in [4.69, 9.17) is 21.7 Å². The lowest BCUT2D eigenvalue weighted by Gasteiger charge is -2.19. The number of nitrogens with one attached hydrogen (secondary N) is 2. The SMILES string of the molecule is Cc1cnc(N/C(=C\C(=N)C(C)(C)O)C2CC2)cc1-n1c(C)cc(OCc2ncc(F)cc2F)c(Cl)c1=O. The summed E-state index contributed by atoms with van der Waals surface area (Å²) in [6, 6.07) is 3.96. The molecule has 3 aromatic rings. The Labute approximate surface area is 223 Å². The highest BCUT2D eigenvalue weighted by molar-refractivity contribution is 6.31. The number of hydrogen-bond donors (Lipinski definition) is 3. The zero-order valence-electron chi connectivity index (χ0n) is 21.4. The zero-order chi connectivity index (χ0) is 27.8. The first-order valence-electron chi connectivity index (χ1n) is 12.0. The summed E-state index contributed by atoms with van der Waals surface area (Å²) >= 11 is 6.36. The van der Waals surface area contributed by atoms with Crippen molar-refractivity contribution < 1.29 is 18.6 Å². The Morgan fingerprint density at radius 2 is 1.97 bits per heavy atom. The Balaban J connectivity index is 1.64. The molecular weight excluding hydrogens is 516 g/mol. The van der Waals surface area contributed by atoms with E-state index in [1.54, 1.807) is 52.1 Å². The van der Waals surface area contributed by atoms with Gasteiger partial charge in [0.15, 0.2) is 5.82 Å². The number of nitrogens with zero attached hydrogens (tertiary/aromatic N) is 3. The van der Waals surface area contributed by atoms with E-state index in [-0.39, 0.29) is 34.7 Å². The maximum atomic E-state index is 13.9. The van der Waals surface area contributed by atoms with Gasteiger partial charge in [0.1, 0.15) is 40.3 Å². The van der Waals surface area contributed by atoms with Gasteiger partial charge in [0.2, 0.25) is 0 Å². The number of halogens is 3. The first-order chi connectivity index (χ1) is 17.8. The third-order valence-electron chi connectivity index (χ3n) is 6.11. The summed E-state index contributed by atoms with van der Waals surface area (Å²) in [7, 11) is 0. The van der Waals surface area contributed by atoms with Crippen molar-refractivity contribution in [3.63, 3.8) is 0 Å². The third kappa shape index (κ3) is 6.08. The van der Waals surface area contributed by atoms with Crippen molar-refractivity contribution >= 4 is 23.1 Å². The minimum absolute atomic E-state index is 0.0464. The number of rotatable bonds is 9. The molecule has 200 valence electrons. The number of hydrogen-bond acceptors (Lipinski definition) is 7. The normalized spacial score (nSPS) is 13.9. The van der Waals surface area contributed by atoms with Gasteiger partial charge in [-0.3, -0.25) is 14.3 Å². The molecule has 0 atom stereocenters. The first kappa shape index (κ1) is 27.4. The van der Waals surface area contributed by atoms with E-state index in [0.717, 1.165) is 24.7 Å². The highest BCUT2D eigenvalue weighted by Crippen LogP contribution is 2.37. The van der Waals surface area contributed by atoms with E-state index in [1.165, 1.54) is 4.57 Å². The molecule has 1 fully saturated rings. The molecule has 8 nitrogen and oxygen atoms in total. The first-order valence-corrected chi connectivity index (χ1v) is 12.3. The Morgan fingerprint density at radius 3 is 2.61 bits per heavy atom. The zero-order valence-corrected chi connectivity index (χ0v) is 22.2. The highest BCUT2D eigenvalue weighted by atomic mass is 35.5. The fourth-order valence-electron chi connectivity index (χ4n) is 3.73. The summed E-state index contributed by atoms with van der Waals surface area (Å²) in [5.74, 6) is -0.923. The van der Waals surface area contributed by atoms with Crippen LogP contribution in [-0.4, -0.2) is 31.0 Å². The van der Waals surface area contributed by atoms with Gasteiger partial charge in [-0.15, -0.1) is 0 Å². The van der Waals surface area contributed by atoms with Crippen LogP contribution in [0.2, 0.25) is 5.02 Å². The van der Waals surface area contributed by atoms with Gasteiger partial charge in [0, 0.05) is 35.8 Å². The predicted octanol–water partition coefficient (Wildman–Crippen LogP) is 5.25. The van der Waals surface area contributed by atoms with Crippen molar-refractivity contribution in [3.8, 4) is 11.4 Å². The van der Waals surface area contributed by atoms with Crippen molar-refractivity contribution in [3.05, 3.63) is 86.3 Å². The van der Waals surface area contributed by atoms with Gasteiger partial charge in [0.05, 0.1) is 17.6 Å². The maximum Gasteiger partial charge on any atom is 0.277 e. The van der Waals surface area contributed by atoms with E-state index < -0.39 is 22.8 Å². The summed E-state index contributed by atoms with van der Waals surface area (Å²) < 4.78 is 34.0. The Bertz CT molecular complexity index is 1490. The monoisotopic (exact) mass is 543 g/mol. The van der Waals surface area contributed by atoms with Gasteiger partial charge in [-0.2, -0.15) is 0 Å². The molecule has 3 heterocycles. The van der Waals surface area contributed by atoms with E-state index in [9.17, 15) is 18.7 Å². The molecule has 1 saturated carbocycles. The number of aromatic nitrogens is 3. The molecule has 0 bridgehead atoms. The van der Waals surface area contributed by atoms with E-state index >= 15 is 0 Å². The number of allylic oxidation sites excluding steroid dienone is 1. The Morgan fingerprint density at radius 1 is 1.26 bits per heavy atom. The number of aliphatic hydroxyl groups is 1. The number of aryl methyl sites for hydroxylation is 2. The van der Waals surface area contributed by atoms with Crippen LogP contribution in [0.5, 0.6) is 5.75 Å². The van der Waals surface area contributed by atoms with Crippen LogP contribution >= 0.6 is 11.6 Å². The van der Waals surface area contributed by atoms with Crippen molar-refractivity contribution in [1.82, 2.24) is 14.5 Å². The molecular formula is C27H28ClF2N5O3. The van der Waals surface area contributed by atoms with Crippen LogP contribution in [0, 0.1) is 36.8 Å². The Kier molecular flexibility index (Phi) is 7.66. The molecule has 0 amide bonds. The van der Waals surface area contributed by atoms with Crippen molar-refractivity contribution in [2.75, 3.05) is 5.32 Å². The van der Waals surface area contributed by atoms with Crippen LogP contribution in [-0.2, 0) is 6.61 Å². The van der Waals surface area contributed by atoms with E-state index in [0.29, 0.717) is 28.8 Å². The van der Waals surface area contributed by atoms with Crippen LogP contribution in [0.15, 0.2) is 47.2 Å². The predicted molar refractivity (Wildman–Crippen MR) is 141 cm³/mol. The minimum Gasteiger partial charge on any atom is -0.485 e. The smallest absolute Gasteiger partial charge is 0.277 e. The Hall–Kier alpha value is -3.63. The van der Waals surface area contributed by atoms with E-state index in [2.05, 4.69) is 15.3 Å². The molecule has 4 rings (SSSR count). The largest absolute Gasteiger partial charge is 0.485 e. The summed E-state index contributed by atoms with van der Waals surface area (Å²) in [5, 5.41) is 21.4. The van der Waals surface area contributed by atoms with E-state index in [1.807, 2.05) is 0 Å². The lowest BCUT2D eigenvalue weighted by atomic mass is 10.0. The molecule has 0 aliphatic heterocycles. The van der Waals surface area contributed by atoms with Gasteiger partial charge in [-0.05, 0) is 58.1 Å². The summed E-state index contributed by atoms with van der Waals surface area (Å²) in [6.07, 6.45) is 6.05. The van der Waals surface area contributed by atoms with Gasteiger partial charge in [-0.1, -0.05) is 11.6 Å². The van der Waals surface area contributed by atoms with Crippen molar-refractivity contribution in [2.45, 2.75) is 52.7 Å². The fraction of sp³-hybridized carbons (Fsp3) is 0.333. The second-order valence-electron chi connectivity index (χ2n) is 9.80. The molecule has 1 aliphatic rings. The van der Waals surface area contributed by atoms with Crippen LogP contribution in [0.4, 0.5) is 14.6 Å². The fourth-order valence-corrected chi connectivity index (χ4v) is 3.93. The quantitative estimate of drug-likeness (QED) is 0.318. The number of anilines is 1. The molecule has 38 heavy (non-hydrogen) atoms. The molecule has 3 aromatic heterocycles. The van der Waals surface area contributed by atoms with Gasteiger partial charge < -0.3 is 20.6 Å². The molecule has 0 unspecified atom stereocenters. The van der Waals surface area contributed by atoms with Gasteiger partial charge in [-0.25, -0.2) is 13.8 Å². The molecule has 0 saturated heterocycles. The highest BCUT2D eigenvalue weighted by Gasteiger charge is 2.29. The molecule has 0 spiro atoms. The van der Waals surface area contributed by atoms with Crippen LogP contribution < -0.4 is 15.6 Å². The lowest BCUT2D eigenvalue weighted by Crippen LogP contribution is -2.29. The maximum absolute atomic E-state index is 13.9. The average molecular weight is 544 g/mol. The van der Waals surface area contributed by atoms with Gasteiger partial charge in [0.25, 0.3) is 5.56 Å². The molecule has 0 radical (unpaired) electrons. The third-order valence-corrected chi connectivity index (χ3v) is 6.46. The number of ether oxygens (including phenoxy) is 1. The topological polar surface area (TPSA) is 113 Å². The van der Waals surface area contributed by atoms with Crippen molar-refractivity contribution in [1.29, 1.82) is 5.41 Å². The second-order valence-corrected chi connectivity index (χ2v) is 10.2. The minimum atomic E-state index is -1.28. The standard InChI is InChI=1S/C27H28ClF2N5O3/c1-14-11-33-24(34-19(16-5-6-16)9-23(31)27(3,4)37)10-21(14)35-15(2)7-22(25(28)26(35)36)38-13-20-18(30)8-17(29)12-32-20/h7-12,16,31,37H,5-6,13H2,1-4H3,(H,33,34)/b19-9-,31-23?. The molecule has 0 aromatic carbocycles. The second kappa shape index (κ2) is 10.6. The molecule has 1 aliphatic carbocycles.